The zero-order chi connectivity index (χ0) is 18.4. The van der Waals surface area contributed by atoms with Crippen LogP contribution in [0.15, 0.2) is 47.4 Å². The van der Waals surface area contributed by atoms with Gasteiger partial charge in [-0.2, -0.15) is 0 Å². The van der Waals surface area contributed by atoms with Gasteiger partial charge in [0.1, 0.15) is 16.5 Å². The van der Waals surface area contributed by atoms with Crippen LogP contribution >= 0.6 is 11.6 Å². The lowest BCUT2D eigenvalue weighted by atomic mass is 10.1. The Kier molecular flexibility index (Phi) is 6.46. The number of carbonyl (C=O) groups excluding carboxylic acids is 1. The van der Waals surface area contributed by atoms with Gasteiger partial charge in [0.15, 0.2) is 0 Å². The van der Waals surface area contributed by atoms with Crippen LogP contribution in [0.4, 0.5) is 8.78 Å². The smallest absolute Gasteiger partial charge is 0.242 e. The van der Waals surface area contributed by atoms with E-state index in [4.69, 9.17) is 11.6 Å². The molecule has 2 aromatic carbocycles. The lowest BCUT2D eigenvalue weighted by molar-refractivity contribution is -0.120. The first kappa shape index (κ1) is 19.3. The van der Waals surface area contributed by atoms with E-state index < -0.39 is 21.7 Å². The molecule has 2 aromatic rings. The van der Waals surface area contributed by atoms with E-state index in [-0.39, 0.29) is 35.3 Å². The summed E-state index contributed by atoms with van der Waals surface area (Å²) in [5.74, 6) is -1.55. The van der Waals surface area contributed by atoms with Crippen LogP contribution in [0, 0.1) is 11.6 Å². The van der Waals surface area contributed by atoms with Crippen molar-refractivity contribution in [1.29, 1.82) is 0 Å². The Balaban J connectivity index is 1.84. The molecule has 0 radical (unpaired) electrons. The SMILES string of the molecule is O=C(Cc1cccc(F)c1)NCCNS(=O)(=O)c1cc(F)ccc1Cl. The Hall–Kier alpha value is -2.03. The van der Waals surface area contributed by atoms with Gasteiger partial charge < -0.3 is 5.32 Å². The van der Waals surface area contributed by atoms with Gasteiger partial charge in [-0.3, -0.25) is 4.79 Å². The van der Waals surface area contributed by atoms with E-state index >= 15 is 0 Å². The van der Waals surface area contributed by atoms with Gasteiger partial charge in [-0.05, 0) is 35.9 Å². The summed E-state index contributed by atoms with van der Waals surface area (Å²) in [6, 6.07) is 8.63. The first-order valence-corrected chi connectivity index (χ1v) is 9.10. The van der Waals surface area contributed by atoms with E-state index in [9.17, 15) is 22.0 Å². The summed E-state index contributed by atoms with van der Waals surface area (Å²) in [7, 11) is -4.00. The number of amides is 1. The van der Waals surface area contributed by atoms with Crippen LogP contribution in [0.25, 0.3) is 0 Å². The molecule has 1 amide bonds. The van der Waals surface area contributed by atoms with Crippen molar-refractivity contribution in [2.45, 2.75) is 11.3 Å². The second kappa shape index (κ2) is 8.37. The lowest BCUT2D eigenvalue weighted by Crippen LogP contribution is -2.35. The fourth-order valence-corrected chi connectivity index (χ4v) is 3.58. The molecule has 0 atom stereocenters. The van der Waals surface area contributed by atoms with Crippen molar-refractivity contribution in [3.63, 3.8) is 0 Å². The minimum absolute atomic E-state index is 0.0142. The van der Waals surface area contributed by atoms with E-state index in [2.05, 4.69) is 10.0 Å². The summed E-state index contributed by atoms with van der Waals surface area (Å²) in [6.45, 7) is -0.0929. The summed E-state index contributed by atoms with van der Waals surface area (Å²) in [4.78, 5) is 11.4. The zero-order valence-corrected chi connectivity index (χ0v) is 14.5. The van der Waals surface area contributed by atoms with E-state index in [1.54, 1.807) is 6.07 Å². The number of hydrogen-bond acceptors (Lipinski definition) is 3. The van der Waals surface area contributed by atoms with Crippen molar-refractivity contribution >= 4 is 27.5 Å². The van der Waals surface area contributed by atoms with Crippen molar-refractivity contribution in [1.82, 2.24) is 10.0 Å². The largest absolute Gasteiger partial charge is 0.355 e. The monoisotopic (exact) mass is 388 g/mol. The minimum Gasteiger partial charge on any atom is -0.355 e. The highest BCUT2D eigenvalue weighted by atomic mass is 35.5. The molecule has 0 spiro atoms. The highest BCUT2D eigenvalue weighted by molar-refractivity contribution is 7.89. The maximum atomic E-state index is 13.2. The Bertz CT molecular complexity index is 875. The lowest BCUT2D eigenvalue weighted by Gasteiger charge is -2.09. The predicted molar refractivity (Wildman–Crippen MR) is 89.7 cm³/mol. The number of rotatable bonds is 7. The Morgan fingerprint density at radius 1 is 1.04 bits per heavy atom. The van der Waals surface area contributed by atoms with Gasteiger partial charge in [-0.1, -0.05) is 23.7 Å². The van der Waals surface area contributed by atoms with Crippen LogP contribution in [0.2, 0.25) is 5.02 Å². The molecule has 9 heteroatoms. The molecule has 2 N–H and O–H groups in total. The Labute approximate surface area is 149 Å². The normalized spacial score (nSPS) is 11.3. The molecule has 0 aromatic heterocycles. The second-order valence-corrected chi connectivity index (χ2v) is 7.27. The molecule has 134 valence electrons. The van der Waals surface area contributed by atoms with Crippen molar-refractivity contribution in [3.8, 4) is 0 Å². The maximum Gasteiger partial charge on any atom is 0.242 e. The van der Waals surface area contributed by atoms with Crippen LogP contribution in [0.3, 0.4) is 0 Å². The van der Waals surface area contributed by atoms with Gasteiger partial charge >= 0.3 is 0 Å². The minimum atomic E-state index is -4.00. The van der Waals surface area contributed by atoms with Crippen molar-refractivity contribution in [2.75, 3.05) is 13.1 Å². The molecule has 25 heavy (non-hydrogen) atoms. The molecule has 0 bridgehead atoms. The number of sulfonamides is 1. The molecule has 0 heterocycles. The maximum absolute atomic E-state index is 13.2. The molecule has 0 aliphatic heterocycles. The number of nitrogens with one attached hydrogen (secondary N) is 2. The highest BCUT2D eigenvalue weighted by Crippen LogP contribution is 2.21. The van der Waals surface area contributed by atoms with Crippen LogP contribution in [0.1, 0.15) is 5.56 Å². The third kappa shape index (κ3) is 5.77. The van der Waals surface area contributed by atoms with Gasteiger partial charge in [-0.15, -0.1) is 0 Å². The van der Waals surface area contributed by atoms with Crippen molar-refractivity contribution in [2.24, 2.45) is 0 Å². The van der Waals surface area contributed by atoms with Crippen molar-refractivity contribution in [3.05, 3.63) is 64.7 Å². The fraction of sp³-hybridized carbons (Fsp3) is 0.188. The Morgan fingerprint density at radius 2 is 1.76 bits per heavy atom. The van der Waals surface area contributed by atoms with E-state index in [0.717, 1.165) is 18.2 Å². The second-order valence-electron chi connectivity index (χ2n) is 5.13. The molecular weight excluding hydrogens is 374 g/mol. The molecule has 0 aliphatic rings. The molecule has 0 saturated heterocycles. The third-order valence-electron chi connectivity index (χ3n) is 3.18. The average Bonchev–Trinajstić information content (AvgIpc) is 2.54. The topological polar surface area (TPSA) is 75.3 Å². The number of benzene rings is 2. The number of carbonyl (C=O) groups is 1. The van der Waals surface area contributed by atoms with Gasteiger partial charge in [0.25, 0.3) is 0 Å². The van der Waals surface area contributed by atoms with E-state index in [1.807, 2.05) is 0 Å². The van der Waals surface area contributed by atoms with E-state index in [0.29, 0.717) is 5.56 Å². The molecule has 0 fully saturated rings. The van der Waals surface area contributed by atoms with Crippen LogP contribution < -0.4 is 10.0 Å². The summed E-state index contributed by atoms with van der Waals surface area (Å²) in [5, 5.41) is 2.40. The molecule has 0 unspecified atom stereocenters. The average molecular weight is 389 g/mol. The Morgan fingerprint density at radius 3 is 2.48 bits per heavy atom. The summed E-state index contributed by atoms with van der Waals surface area (Å²) < 4.78 is 52.5. The molecule has 0 aliphatic carbocycles. The van der Waals surface area contributed by atoms with Crippen molar-refractivity contribution < 1.29 is 22.0 Å². The van der Waals surface area contributed by atoms with Crippen LogP contribution in [-0.4, -0.2) is 27.4 Å². The molecule has 2 rings (SSSR count). The zero-order valence-electron chi connectivity index (χ0n) is 12.9. The molecule has 5 nitrogen and oxygen atoms in total. The van der Waals surface area contributed by atoms with Gasteiger partial charge in [0.05, 0.1) is 11.4 Å². The first-order chi connectivity index (χ1) is 11.8. The molecular formula is C16H15ClF2N2O3S. The number of hydrogen-bond donors (Lipinski definition) is 2. The van der Waals surface area contributed by atoms with Crippen LogP contribution in [-0.2, 0) is 21.2 Å². The summed E-state index contributed by atoms with van der Waals surface area (Å²) >= 11 is 5.76. The highest BCUT2D eigenvalue weighted by Gasteiger charge is 2.18. The van der Waals surface area contributed by atoms with Crippen LogP contribution in [0.5, 0.6) is 0 Å². The third-order valence-corrected chi connectivity index (χ3v) is 5.12. The van der Waals surface area contributed by atoms with Gasteiger partial charge in [-0.25, -0.2) is 21.9 Å². The predicted octanol–water partition coefficient (Wildman–Crippen LogP) is 2.26. The van der Waals surface area contributed by atoms with E-state index in [1.165, 1.54) is 18.2 Å². The standard InChI is InChI=1S/C16H15ClF2N2O3S/c17-14-5-4-13(19)10-15(14)25(23,24)21-7-6-20-16(22)9-11-2-1-3-12(18)8-11/h1-5,8,10,21H,6-7,9H2,(H,20,22). The summed E-state index contributed by atoms with van der Waals surface area (Å²) in [5.41, 5.74) is 0.504. The molecule has 0 saturated carbocycles. The first-order valence-electron chi connectivity index (χ1n) is 7.24. The van der Waals surface area contributed by atoms with Gasteiger partial charge in [0.2, 0.25) is 15.9 Å². The van der Waals surface area contributed by atoms with Gasteiger partial charge in [0, 0.05) is 13.1 Å². The quantitative estimate of drug-likeness (QED) is 0.714. The summed E-state index contributed by atoms with van der Waals surface area (Å²) in [6.07, 6.45) is -0.0275. The fourth-order valence-electron chi connectivity index (χ4n) is 2.04. The number of halogens is 3.